The van der Waals surface area contributed by atoms with Crippen molar-refractivity contribution in [1.82, 2.24) is 4.90 Å². The second-order valence-electron chi connectivity index (χ2n) is 4.95. The average Bonchev–Trinajstić information content (AvgIpc) is 3.06. The fraction of sp³-hybridized carbons (Fsp3) is 0.176. The Balaban J connectivity index is 1.81. The zero-order chi connectivity index (χ0) is 14.7. The van der Waals surface area contributed by atoms with Gasteiger partial charge in [-0.1, -0.05) is 30.3 Å². The number of thiophene rings is 1. The second kappa shape index (κ2) is 5.94. The minimum absolute atomic E-state index is 0.189. The molecule has 3 nitrogen and oxygen atoms in total. The van der Waals surface area contributed by atoms with Gasteiger partial charge < -0.3 is 4.90 Å². The van der Waals surface area contributed by atoms with E-state index in [1.54, 1.807) is 12.3 Å². The number of rotatable bonds is 3. The van der Waals surface area contributed by atoms with Crippen LogP contribution in [0.25, 0.3) is 0 Å². The zero-order valence-corrected chi connectivity index (χ0v) is 12.3. The molecule has 0 fully saturated rings. The van der Waals surface area contributed by atoms with Gasteiger partial charge in [0.25, 0.3) is 0 Å². The Morgan fingerprint density at radius 1 is 1.24 bits per heavy atom. The first-order valence-corrected chi connectivity index (χ1v) is 7.67. The van der Waals surface area contributed by atoms with E-state index < -0.39 is 0 Å². The highest BCUT2D eigenvalue weighted by Gasteiger charge is 2.17. The van der Waals surface area contributed by atoms with E-state index in [4.69, 9.17) is 0 Å². The summed E-state index contributed by atoms with van der Waals surface area (Å²) in [5, 5.41) is 11.1. The molecular weight excluding hydrogens is 280 g/mol. The van der Waals surface area contributed by atoms with E-state index in [2.05, 4.69) is 12.1 Å². The topological polar surface area (TPSA) is 44.1 Å². The van der Waals surface area contributed by atoms with Crippen LogP contribution in [0.3, 0.4) is 0 Å². The molecule has 1 aromatic heterocycles. The van der Waals surface area contributed by atoms with Gasteiger partial charge in [0, 0.05) is 19.3 Å². The summed E-state index contributed by atoms with van der Waals surface area (Å²) >= 11 is 1.37. The van der Waals surface area contributed by atoms with Crippen LogP contribution in [0.15, 0.2) is 53.6 Å². The monoisotopic (exact) mass is 294 g/mol. The predicted molar refractivity (Wildman–Crippen MR) is 82.9 cm³/mol. The molecule has 3 rings (SSSR count). The van der Waals surface area contributed by atoms with Crippen molar-refractivity contribution in [2.45, 2.75) is 13.0 Å². The van der Waals surface area contributed by atoms with Gasteiger partial charge >= 0.3 is 0 Å². The van der Waals surface area contributed by atoms with Crippen LogP contribution >= 0.6 is 11.3 Å². The molecule has 104 valence electrons. The lowest BCUT2D eigenvalue weighted by atomic mass is 10.00. The molecule has 1 aliphatic rings. The number of Topliss-reactive ketones (excluding diaryl/α,β-unsaturated/α-hetero) is 1. The van der Waals surface area contributed by atoms with Crippen LogP contribution in [-0.4, -0.2) is 17.2 Å². The molecule has 0 aliphatic carbocycles. The van der Waals surface area contributed by atoms with E-state index >= 15 is 0 Å². The standard InChI is InChI=1S/C17H14N2OS/c18-10-15(17(20)16-6-3-9-21-16)12-19-8-7-13-4-1-2-5-14(13)11-19/h1-6,9,12H,7-8,11H2/b15-12+. The van der Waals surface area contributed by atoms with E-state index in [0.29, 0.717) is 4.88 Å². The molecule has 0 saturated heterocycles. The van der Waals surface area contributed by atoms with Gasteiger partial charge in [-0.05, 0) is 29.0 Å². The van der Waals surface area contributed by atoms with E-state index in [1.807, 2.05) is 34.5 Å². The SMILES string of the molecule is N#C/C(=C\N1CCc2ccccc2C1)C(=O)c1cccs1. The molecule has 1 aromatic carbocycles. The maximum atomic E-state index is 12.2. The van der Waals surface area contributed by atoms with E-state index in [-0.39, 0.29) is 11.4 Å². The van der Waals surface area contributed by atoms with Crippen LogP contribution in [0.5, 0.6) is 0 Å². The molecule has 0 saturated carbocycles. The van der Waals surface area contributed by atoms with Crippen LogP contribution in [0.4, 0.5) is 0 Å². The minimum Gasteiger partial charge on any atom is -0.372 e. The largest absolute Gasteiger partial charge is 0.372 e. The number of nitriles is 1. The van der Waals surface area contributed by atoms with Crippen molar-refractivity contribution in [1.29, 1.82) is 5.26 Å². The number of nitrogens with zero attached hydrogens (tertiary/aromatic N) is 2. The van der Waals surface area contributed by atoms with Gasteiger partial charge in [-0.15, -0.1) is 11.3 Å². The van der Waals surface area contributed by atoms with Crippen molar-refractivity contribution < 1.29 is 4.79 Å². The fourth-order valence-corrected chi connectivity index (χ4v) is 3.17. The molecule has 4 heteroatoms. The third kappa shape index (κ3) is 2.88. The van der Waals surface area contributed by atoms with Gasteiger partial charge in [0.15, 0.2) is 0 Å². The molecule has 2 aromatic rings. The quantitative estimate of drug-likeness (QED) is 0.495. The Hall–Kier alpha value is -2.38. The van der Waals surface area contributed by atoms with Gasteiger partial charge in [0.1, 0.15) is 11.6 Å². The van der Waals surface area contributed by atoms with E-state index in [9.17, 15) is 10.1 Å². The molecule has 0 atom stereocenters. The van der Waals surface area contributed by atoms with Gasteiger partial charge in [-0.2, -0.15) is 5.26 Å². The Morgan fingerprint density at radius 2 is 2.05 bits per heavy atom. The first-order valence-electron chi connectivity index (χ1n) is 6.79. The summed E-state index contributed by atoms with van der Waals surface area (Å²) in [6, 6.07) is 13.9. The van der Waals surface area contributed by atoms with Crippen LogP contribution in [0.1, 0.15) is 20.8 Å². The highest BCUT2D eigenvalue weighted by molar-refractivity contribution is 7.12. The van der Waals surface area contributed by atoms with Gasteiger partial charge in [0.2, 0.25) is 5.78 Å². The summed E-state index contributed by atoms with van der Waals surface area (Å²) in [6.07, 6.45) is 2.65. The zero-order valence-electron chi connectivity index (χ0n) is 11.5. The Kier molecular flexibility index (Phi) is 3.85. The molecular formula is C17H14N2OS. The van der Waals surface area contributed by atoms with Crippen molar-refractivity contribution in [2.24, 2.45) is 0 Å². The first-order chi connectivity index (χ1) is 10.3. The van der Waals surface area contributed by atoms with Crippen LogP contribution in [-0.2, 0) is 13.0 Å². The molecule has 2 heterocycles. The third-order valence-electron chi connectivity index (χ3n) is 3.58. The number of hydrogen-bond acceptors (Lipinski definition) is 4. The summed E-state index contributed by atoms with van der Waals surface area (Å²) < 4.78 is 0. The van der Waals surface area contributed by atoms with Crippen molar-refractivity contribution in [3.63, 3.8) is 0 Å². The number of carbonyl (C=O) groups excluding carboxylic acids is 1. The lowest BCUT2D eigenvalue weighted by molar-refractivity contribution is 0.104. The number of carbonyl (C=O) groups is 1. The molecule has 0 unspecified atom stereocenters. The summed E-state index contributed by atoms with van der Waals surface area (Å²) in [5.74, 6) is -0.189. The highest BCUT2D eigenvalue weighted by atomic mass is 32.1. The van der Waals surface area contributed by atoms with Crippen molar-refractivity contribution in [3.05, 3.63) is 69.6 Å². The number of allylic oxidation sites excluding steroid dienone is 1. The summed E-state index contributed by atoms with van der Waals surface area (Å²) in [4.78, 5) is 14.9. The first kappa shape index (κ1) is 13.6. The van der Waals surface area contributed by atoms with E-state index in [0.717, 1.165) is 19.5 Å². The summed E-state index contributed by atoms with van der Waals surface area (Å²) in [5.41, 5.74) is 2.82. The minimum atomic E-state index is -0.189. The second-order valence-corrected chi connectivity index (χ2v) is 5.90. The van der Waals surface area contributed by atoms with Crippen LogP contribution < -0.4 is 0 Å². The van der Waals surface area contributed by atoms with Crippen molar-refractivity contribution >= 4 is 17.1 Å². The number of benzene rings is 1. The Bertz CT molecular complexity index is 725. The maximum absolute atomic E-state index is 12.2. The summed E-state index contributed by atoms with van der Waals surface area (Å²) in [6.45, 7) is 1.58. The normalized spacial score (nSPS) is 14.4. The molecule has 0 radical (unpaired) electrons. The Morgan fingerprint density at radius 3 is 2.76 bits per heavy atom. The average molecular weight is 294 g/mol. The third-order valence-corrected chi connectivity index (χ3v) is 4.45. The van der Waals surface area contributed by atoms with Crippen LogP contribution in [0, 0.1) is 11.3 Å². The number of ketones is 1. The number of fused-ring (bicyclic) bond motifs is 1. The molecule has 0 N–H and O–H groups in total. The molecule has 0 bridgehead atoms. The molecule has 0 amide bonds. The molecule has 1 aliphatic heterocycles. The highest BCUT2D eigenvalue weighted by Crippen LogP contribution is 2.20. The van der Waals surface area contributed by atoms with Crippen molar-refractivity contribution in [2.75, 3.05) is 6.54 Å². The molecule has 21 heavy (non-hydrogen) atoms. The Labute approximate surface area is 127 Å². The smallest absolute Gasteiger partial charge is 0.214 e. The van der Waals surface area contributed by atoms with E-state index in [1.165, 1.54) is 22.5 Å². The number of hydrogen-bond donors (Lipinski definition) is 0. The van der Waals surface area contributed by atoms with Gasteiger partial charge in [-0.3, -0.25) is 4.79 Å². The van der Waals surface area contributed by atoms with Crippen molar-refractivity contribution in [3.8, 4) is 6.07 Å². The maximum Gasteiger partial charge on any atom is 0.214 e. The summed E-state index contributed by atoms with van der Waals surface area (Å²) in [7, 11) is 0. The predicted octanol–water partition coefficient (Wildman–Crippen LogP) is 3.40. The fourth-order valence-electron chi connectivity index (χ4n) is 2.49. The van der Waals surface area contributed by atoms with Gasteiger partial charge in [0.05, 0.1) is 4.88 Å². The van der Waals surface area contributed by atoms with Gasteiger partial charge in [-0.25, -0.2) is 0 Å². The lowest BCUT2D eigenvalue weighted by Gasteiger charge is -2.27. The van der Waals surface area contributed by atoms with Crippen LogP contribution in [0.2, 0.25) is 0 Å². The molecule has 0 spiro atoms. The lowest BCUT2D eigenvalue weighted by Crippen LogP contribution is -2.26.